The fraction of sp³-hybridized carbons (Fsp3) is 0.600. The van der Waals surface area contributed by atoms with E-state index in [1.54, 1.807) is 12.1 Å². The second kappa shape index (κ2) is 8.70. The van der Waals surface area contributed by atoms with Gasteiger partial charge < -0.3 is 10.1 Å². The zero-order valence-electron chi connectivity index (χ0n) is 12.0. The zero-order valence-corrected chi connectivity index (χ0v) is 12.9. The molecule has 7 heteroatoms. The van der Waals surface area contributed by atoms with Gasteiger partial charge in [-0.05, 0) is 49.5 Å². The summed E-state index contributed by atoms with van der Waals surface area (Å²) in [5.74, 6) is -0.223. The van der Waals surface area contributed by atoms with Gasteiger partial charge in [0.25, 0.3) is 0 Å². The molecular formula is C15H20ClF4NO. The molecular weight excluding hydrogens is 322 g/mol. The van der Waals surface area contributed by atoms with Crippen LogP contribution < -0.4 is 5.32 Å². The summed E-state index contributed by atoms with van der Waals surface area (Å²) in [7, 11) is 0. The van der Waals surface area contributed by atoms with Crippen molar-refractivity contribution in [1.82, 2.24) is 5.32 Å². The van der Waals surface area contributed by atoms with E-state index in [1.165, 1.54) is 12.1 Å². The van der Waals surface area contributed by atoms with E-state index in [1.807, 2.05) is 0 Å². The average Bonchev–Trinajstić information content (AvgIpc) is 2.45. The van der Waals surface area contributed by atoms with Crippen LogP contribution in [0.3, 0.4) is 0 Å². The second-order valence-corrected chi connectivity index (χ2v) is 5.38. The first-order valence-corrected chi connectivity index (χ1v) is 7.06. The van der Waals surface area contributed by atoms with Gasteiger partial charge in [0.15, 0.2) is 0 Å². The Morgan fingerprint density at radius 3 is 2.27 bits per heavy atom. The smallest absolute Gasteiger partial charge is 0.371 e. The summed E-state index contributed by atoms with van der Waals surface area (Å²) in [6.45, 7) is 0.467. The average molecular weight is 342 g/mol. The third kappa shape index (κ3) is 6.10. The van der Waals surface area contributed by atoms with Crippen LogP contribution in [0.2, 0.25) is 0 Å². The quantitative estimate of drug-likeness (QED) is 0.820. The number of alkyl halides is 3. The summed E-state index contributed by atoms with van der Waals surface area (Å²) in [4.78, 5) is 0. The lowest BCUT2D eigenvalue weighted by atomic mass is 9.81. The summed E-state index contributed by atoms with van der Waals surface area (Å²) < 4.78 is 54.5. The minimum Gasteiger partial charge on any atom is -0.371 e. The first-order valence-electron chi connectivity index (χ1n) is 7.06. The maximum Gasteiger partial charge on any atom is 0.411 e. The maximum absolute atomic E-state index is 13.0. The topological polar surface area (TPSA) is 21.3 Å². The van der Waals surface area contributed by atoms with Crippen LogP contribution in [0.4, 0.5) is 17.6 Å². The molecule has 1 unspecified atom stereocenters. The molecule has 1 aromatic rings. The van der Waals surface area contributed by atoms with Crippen LogP contribution in [-0.4, -0.2) is 32.5 Å². The van der Waals surface area contributed by atoms with Gasteiger partial charge in [-0.15, -0.1) is 12.4 Å². The zero-order chi connectivity index (χ0) is 15.3. The van der Waals surface area contributed by atoms with E-state index in [9.17, 15) is 17.6 Å². The highest BCUT2D eigenvalue weighted by Crippen LogP contribution is 2.32. The third-order valence-corrected chi connectivity index (χ3v) is 3.81. The Bertz CT molecular complexity index is 432. The molecule has 1 atom stereocenters. The number of halogens is 5. The van der Waals surface area contributed by atoms with Gasteiger partial charge in [0.05, 0.1) is 6.61 Å². The Labute approximate surface area is 133 Å². The lowest BCUT2D eigenvalue weighted by Gasteiger charge is -2.31. The van der Waals surface area contributed by atoms with E-state index in [0.29, 0.717) is 0 Å². The molecule has 1 heterocycles. The molecule has 0 amide bonds. The van der Waals surface area contributed by atoms with Crippen molar-refractivity contribution < 1.29 is 22.3 Å². The Morgan fingerprint density at radius 1 is 1.14 bits per heavy atom. The molecule has 126 valence electrons. The van der Waals surface area contributed by atoms with Crippen LogP contribution in [-0.2, 0) is 4.74 Å². The highest BCUT2D eigenvalue weighted by atomic mass is 35.5. The van der Waals surface area contributed by atoms with Crippen LogP contribution in [0.25, 0.3) is 0 Å². The summed E-state index contributed by atoms with van der Waals surface area (Å²) in [6, 6.07) is 5.96. The first-order chi connectivity index (χ1) is 9.96. The van der Waals surface area contributed by atoms with Gasteiger partial charge in [-0.25, -0.2) is 4.39 Å². The molecule has 1 fully saturated rings. The lowest BCUT2D eigenvalue weighted by Crippen LogP contribution is -2.33. The Morgan fingerprint density at radius 2 is 1.73 bits per heavy atom. The van der Waals surface area contributed by atoms with Crippen molar-refractivity contribution in [1.29, 1.82) is 0 Å². The number of hydrogen-bond donors (Lipinski definition) is 1. The van der Waals surface area contributed by atoms with Crippen molar-refractivity contribution in [2.45, 2.75) is 24.9 Å². The second-order valence-electron chi connectivity index (χ2n) is 5.38. The first kappa shape index (κ1) is 19.2. The maximum atomic E-state index is 13.0. The van der Waals surface area contributed by atoms with Gasteiger partial charge in [0.2, 0.25) is 0 Å². The molecule has 1 N–H and O–H groups in total. The van der Waals surface area contributed by atoms with Crippen molar-refractivity contribution in [2.75, 3.05) is 26.3 Å². The molecule has 2 nitrogen and oxygen atoms in total. The summed E-state index contributed by atoms with van der Waals surface area (Å²) in [5.41, 5.74) is 0.838. The minimum atomic E-state index is -4.32. The standard InChI is InChI=1S/C15H19F4NO.ClH/c16-13-3-1-11(2-4-13)14(9-21-10-15(17,18)19)12-5-7-20-8-6-12;/h1-4,12,14,20H,5-10H2;1H. The molecule has 1 aliphatic rings. The van der Waals surface area contributed by atoms with Gasteiger partial charge >= 0.3 is 6.18 Å². The van der Waals surface area contributed by atoms with Gasteiger partial charge in [-0.3, -0.25) is 0 Å². The van der Waals surface area contributed by atoms with Crippen LogP contribution in [0.1, 0.15) is 24.3 Å². The molecule has 22 heavy (non-hydrogen) atoms. The number of rotatable bonds is 5. The molecule has 0 saturated carbocycles. The Balaban J connectivity index is 0.00000242. The lowest BCUT2D eigenvalue weighted by molar-refractivity contribution is -0.175. The van der Waals surface area contributed by atoms with E-state index in [2.05, 4.69) is 5.32 Å². The van der Waals surface area contributed by atoms with Gasteiger partial charge in [0.1, 0.15) is 12.4 Å². The summed E-state index contributed by atoms with van der Waals surface area (Å²) in [5, 5.41) is 3.23. The minimum absolute atomic E-state index is 0. The molecule has 1 aliphatic heterocycles. The van der Waals surface area contributed by atoms with Crippen LogP contribution >= 0.6 is 12.4 Å². The van der Waals surface area contributed by atoms with E-state index < -0.39 is 12.8 Å². The molecule has 0 spiro atoms. The molecule has 0 radical (unpaired) electrons. The molecule has 0 aromatic heterocycles. The molecule has 1 saturated heterocycles. The van der Waals surface area contributed by atoms with Crippen molar-refractivity contribution in [2.24, 2.45) is 5.92 Å². The Hall–Kier alpha value is -0.850. The summed E-state index contributed by atoms with van der Waals surface area (Å²) >= 11 is 0. The monoisotopic (exact) mass is 341 g/mol. The van der Waals surface area contributed by atoms with Gasteiger partial charge in [-0.2, -0.15) is 13.2 Å². The summed E-state index contributed by atoms with van der Waals surface area (Å²) in [6.07, 6.45) is -2.55. The fourth-order valence-corrected chi connectivity index (χ4v) is 2.76. The molecule has 0 bridgehead atoms. The fourth-order valence-electron chi connectivity index (χ4n) is 2.76. The van der Waals surface area contributed by atoms with Gasteiger partial charge in [-0.1, -0.05) is 12.1 Å². The van der Waals surface area contributed by atoms with Crippen LogP contribution in [0.15, 0.2) is 24.3 Å². The van der Waals surface area contributed by atoms with E-state index >= 15 is 0 Å². The predicted molar refractivity (Wildman–Crippen MR) is 78.9 cm³/mol. The molecule has 1 aromatic carbocycles. The van der Waals surface area contributed by atoms with Gasteiger partial charge in [0, 0.05) is 5.92 Å². The highest BCUT2D eigenvalue weighted by molar-refractivity contribution is 5.85. The normalized spacial score (nSPS) is 17.8. The largest absolute Gasteiger partial charge is 0.411 e. The highest BCUT2D eigenvalue weighted by Gasteiger charge is 2.30. The van der Waals surface area contributed by atoms with E-state index in [0.717, 1.165) is 31.5 Å². The van der Waals surface area contributed by atoms with E-state index in [-0.39, 0.29) is 36.7 Å². The number of nitrogens with one attached hydrogen (secondary N) is 1. The number of hydrogen-bond acceptors (Lipinski definition) is 2. The van der Waals surface area contributed by atoms with Crippen molar-refractivity contribution in [3.8, 4) is 0 Å². The number of benzene rings is 1. The number of piperidine rings is 1. The van der Waals surface area contributed by atoms with Crippen molar-refractivity contribution in [3.05, 3.63) is 35.6 Å². The predicted octanol–water partition coefficient (Wildman–Crippen LogP) is 3.91. The van der Waals surface area contributed by atoms with Crippen molar-refractivity contribution >= 4 is 12.4 Å². The SMILES string of the molecule is Cl.Fc1ccc(C(COCC(F)(F)F)C2CCNCC2)cc1. The number of ether oxygens (including phenoxy) is 1. The van der Waals surface area contributed by atoms with Crippen molar-refractivity contribution in [3.63, 3.8) is 0 Å². The molecule has 0 aliphatic carbocycles. The van der Waals surface area contributed by atoms with E-state index in [4.69, 9.17) is 4.74 Å². The van der Waals surface area contributed by atoms with Crippen LogP contribution in [0, 0.1) is 11.7 Å². The molecule has 2 rings (SSSR count). The Kier molecular flexibility index (Phi) is 7.59. The van der Waals surface area contributed by atoms with Crippen LogP contribution in [0.5, 0.6) is 0 Å². The third-order valence-electron chi connectivity index (χ3n) is 3.81.